The van der Waals surface area contributed by atoms with Gasteiger partial charge in [0.15, 0.2) is 0 Å². The Morgan fingerprint density at radius 2 is 1.70 bits per heavy atom. The van der Waals surface area contributed by atoms with E-state index >= 15 is 0 Å². The second-order valence-corrected chi connectivity index (χ2v) is 8.42. The lowest BCUT2D eigenvalue weighted by Crippen LogP contribution is -2.32. The highest BCUT2D eigenvalue weighted by atomic mass is 32.2. The van der Waals surface area contributed by atoms with Crippen LogP contribution in [0.5, 0.6) is 0 Å². The third-order valence-electron chi connectivity index (χ3n) is 3.23. The second kappa shape index (κ2) is 5.41. The van der Waals surface area contributed by atoms with Crippen LogP contribution in [0.3, 0.4) is 0 Å². The minimum atomic E-state index is -3.60. The fourth-order valence-corrected chi connectivity index (χ4v) is 4.27. The molecule has 20 heavy (non-hydrogen) atoms. The predicted molar refractivity (Wildman–Crippen MR) is 74.0 cm³/mol. The van der Waals surface area contributed by atoms with Crippen LogP contribution in [-0.4, -0.2) is 47.3 Å². The zero-order chi connectivity index (χ0) is 15.0. The molecule has 1 aliphatic rings. The molecule has 112 valence electrons. The van der Waals surface area contributed by atoms with Gasteiger partial charge in [0.2, 0.25) is 20.0 Å². The molecule has 0 aliphatic carbocycles. The van der Waals surface area contributed by atoms with Crippen LogP contribution in [0.1, 0.15) is 6.42 Å². The number of hydrogen-bond donors (Lipinski definition) is 2. The van der Waals surface area contributed by atoms with Crippen molar-refractivity contribution in [2.45, 2.75) is 22.3 Å². The van der Waals surface area contributed by atoms with Gasteiger partial charge in [-0.15, -0.1) is 0 Å². The van der Waals surface area contributed by atoms with Crippen molar-refractivity contribution in [1.82, 2.24) is 9.03 Å². The minimum absolute atomic E-state index is 0.0251. The summed E-state index contributed by atoms with van der Waals surface area (Å²) in [6.45, 7) is 0.680. The van der Waals surface area contributed by atoms with E-state index in [-0.39, 0.29) is 15.8 Å². The zero-order valence-electron chi connectivity index (χ0n) is 11.0. The van der Waals surface area contributed by atoms with Crippen molar-refractivity contribution in [2.24, 2.45) is 5.73 Å². The Hall–Kier alpha value is -1.00. The fraction of sp³-hybridized carbons (Fsp3) is 0.455. The van der Waals surface area contributed by atoms with E-state index in [0.717, 1.165) is 0 Å². The van der Waals surface area contributed by atoms with Crippen molar-refractivity contribution in [1.29, 1.82) is 0 Å². The molecule has 0 spiro atoms. The topological polar surface area (TPSA) is 110 Å². The van der Waals surface area contributed by atoms with Gasteiger partial charge in [-0.25, -0.2) is 21.6 Å². The average molecular weight is 319 g/mol. The fourth-order valence-electron chi connectivity index (χ4n) is 2.03. The van der Waals surface area contributed by atoms with Crippen molar-refractivity contribution >= 4 is 20.0 Å². The van der Waals surface area contributed by atoms with Gasteiger partial charge in [-0.05, 0) is 37.7 Å². The van der Waals surface area contributed by atoms with Crippen LogP contribution in [0, 0.1) is 0 Å². The van der Waals surface area contributed by atoms with E-state index in [4.69, 9.17) is 5.73 Å². The van der Waals surface area contributed by atoms with Crippen molar-refractivity contribution in [3.63, 3.8) is 0 Å². The first-order valence-corrected chi connectivity index (χ1v) is 8.99. The lowest BCUT2D eigenvalue weighted by atomic mass is 10.3. The van der Waals surface area contributed by atoms with E-state index in [1.807, 2.05) is 0 Å². The van der Waals surface area contributed by atoms with Gasteiger partial charge in [0.25, 0.3) is 0 Å². The molecule has 1 heterocycles. The molecular formula is C11H17N3O4S2. The summed E-state index contributed by atoms with van der Waals surface area (Å²) in [6, 6.07) is 4.99. The standard InChI is InChI=1S/C11H17N3O4S2/c1-13-19(15,16)10-2-4-11(5-3-10)20(17,18)14-7-6-9(12)8-14/h2-5,9,13H,6-8,12H2,1H3/t9-/m0/s1. The summed E-state index contributed by atoms with van der Waals surface area (Å²) in [5, 5.41) is 0. The quantitative estimate of drug-likeness (QED) is 0.764. The van der Waals surface area contributed by atoms with Gasteiger partial charge < -0.3 is 5.73 Å². The lowest BCUT2D eigenvalue weighted by molar-refractivity contribution is 0.472. The Morgan fingerprint density at radius 3 is 2.15 bits per heavy atom. The third-order valence-corrected chi connectivity index (χ3v) is 6.54. The smallest absolute Gasteiger partial charge is 0.243 e. The van der Waals surface area contributed by atoms with Gasteiger partial charge in [-0.1, -0.05) is 0 Å². The zero-order valence-corrected chi connectivity index (χ0v) is 12.6. The third kappa shape index (κ3) is 2.86. The average Bonchev–Trinajstić information content (AvgIpc) is 2.86. The SMILES string of the molecule is CNS(=O)(=O)c1ccc(S(=O)(=O)N2CC[C@H](N)C2)cc1. The summed E-state index contributed by atoms with van der Waals surface area (Å²) < 4.78 is 51.3. The molecule has 3 N–H and O–H groups in total. The molecule has 9 heteroatoms. The van der Waals surface area contributed by atoms with Crippen molar-refractivity contribution < 1.29 is 16.8 Å². The molecule has 1 atom stereocenters. The molecule has 7 nitrogen and oxygen atoms in total. The first kappa shape index (κ1) is 15.4. The summed E-state index contributed by atoms with van der Waals surface area (Å²) >= 11 is 0. The Labute approximate surface area is 118 Å². The summed E-state index contributed by atoms with van der Waals surface area (Å²) in [6.07, 6.45) is 0.630. The molecule has 0 amide bonds. The summed E-state index contributed by atoms with van der Waals surface area (Å²) in [5.41, 5.74) is 5.71. The number of sulfonamides is 2. The van der Waals surface area contributed by atoms with Gasteiger partial charge in [-0.3, -0.25) is 0 Å². The molecule has 2 rings (SSSR count). The number of nitrogens with two attached hydrogens (primary N) is 1. The van der Waals surface area contributed by atoms with Crippen LogP contribution >= 0.6 is 0 Å². The molecular weight excluding hydrogens is 302 g/mol. The molecule has 0 radical (unpaired) electrons. The van der Waals surface area contributed by atoms with Crippen LogP contribution < -0.4 is 10.5 Å². The largest absolute Gasteiger partial charge is 0.326 e. The Bertz CT molecular complexity index is 683. The van der Waals surface area contributed by atoms with Crippen molar-refractivity contribution in [2.75, 3.05) is 20.1 Å². The number of benzene rings is 1. The van der Waals surface area contributed by atoms with E-state index in [0.29, 0.717) is 19.5 Å². The molecule has 0 unspecified atom stereocenters. The molecule has 1 aliphatic heterocycles. The van der Waals surface area contributed by atoms with E-state index in [1.54, 1.807) is 0 Å². The predicted octanol–water partition coefficient (Wildman–Crippen LogP) is -0.684. The molecule has 1 fully saturated rings. The lowest BCUT2D eigenvalue weighted by Gasteiger charge is -2.16. The van der Waals surface area contributed by atoms with E-state index in [2.05, 4.69) is 4.72 Å². The number of hydrogen-bond acceptors (Lipinski definition) is 5. The highest BCUT2D eigenvalue weighted by Gasteiger charge is 2.31. The van der Waals surface area contributed by atoms with Crippen LogP contribution in [0.25, 0.3) is 0 Å². The van der Waals surface area contributed by atoms with Gasteiger partial charge in [0.05, 0.1) is 9.79 Å². The van der Waals surface area contributed by atoms with Gasteiger partial charge in [0.1, 0.15) is 0 Å². The highest BCUT2D eigenvalue weighted by Crippen LogP contribution is 2.21. The van der Waals surface area contributed by atoms with Gasteiger partial charge >= 0.3 is 0 Å². The van der Waals surface area contributed by atoms with Crippen LogP contribution in [0.15, 0.2) is 34.1 Å². The van der Waals surface area contributed by atoms with E-state index in [9.17, 15) is 16.8 Å². The second-order valence-electron chi connectivity index (χ2n) is 4.59. The molecule has 0 saturated carbocycles. The molecule has 0 aromatic heterocycles. The molecule has 0 bridgehead atoms. The number of nitrogens with one attached hydrogen (secondary N) is 1. The monoisotopic (exact) mass is 319 g/mol. The van der Waals surface area contributed by atoms with E-state index < -0.39 is 20.0 Å². The first-order valence-electron chi connectivity index (χ1n) is 6.07. The maximum atomic E-state index is 12.3. The summed E-state index contributed by atoms with van der Waals surface area (Å²) in [7, 11) is -5.87. The highest BCUT2D eigenvalue weighted by molar-refractivity contribution is 7.89. The maximum Gasteiger partial charge on any atom is 0.243 e. The van der Waals surface area contributed by atoms with Gasteiger partial charge in [0, 0.05) is 19.1 Å². The van der Waals surface area contributed by atoms with Crippen LogP contribution in [-0.2, 0) is 20.0 Å². The van der Waals surface area contributed by atoms with E-state index in [1.165, 1.54) is 35.6 Å². The Kier molecular flexibility index (Phi) is 4.17. The van der Waals surface area contributed by atoms with Crippen LogP contribution in [0.4, 0.5) is 0 Å². The number of rotatable bonds is 4. The normalized spacial score (nSPS) is 21.2. The van der Waals surface area contributed by atoms with Gasteiger partial charge in [-0.2, -0.15) is 4.31 Å². The molecule has 1 aromatic rings. The van der Waals surface area contributed by atoms with Crippen molar-refractivity contribution in [3.05, 3.63) is 24.3 Å². The Morgan fingerprint density at radius 1 is 1.15 bits per heavy atom. The van der Waals surface area contributed by atoms with Crippen LogP contribution in [0.2, 0.25) is 0 Å². The Balaban J connectivity index is 2.30. The molecule has 1 aromatic carbocycles. The summed E-state index contributed by atoms with van der Waals surface area (Å²) in [5.74, 6) is 0. The minimum Gasteiger partial charge on any atom is -0.326 e. The first-order chi connectivity index (χ1) is 9.27. The maximum absolute atomic E-state index is 12.3. The molecule has 1 saturated heterocycles. The van der Waals surface area contributed by atoms with Crippen molar-refractivity contribution in [3.8, 4) is 0 Å². The summed E-state index contributed by atoms with van der Waals surface area (Å²) in [4.78, 5) is 0.0960. The number of nitrogens with zero attached hydrogens (tertiary/aromatic N) is 1.